The van der Waals surface area contributed by atoms with Gasteiger partial charge >= 0.3 is 0 Å². The van der Waals surface area contributed by atoms with Crippen LogP contribution < -0.4 is 10.6 Å². The van der Waals surface area contributed by atoms with Crippen LogP contribution in [0.15, 0.2) is 42.5 Å². The van der Waals surface area contributed by atoms with E-state index < -0.39 is 0 Å². The zero-order valence-corrected chi connectivity index (χ0v) is 16.4. The van der Waals surface area contributed by atoms with Gasteiger partial charge in [-0.3, -0.25) is 9.59 Å². The molecular weight excluding hydrogens is 344 g/mol. The summed E-state index contributed by atoms with van der Waals surface area (Å²) in [5.41, 5.74) is 4.74. The maximum absolute atomic E-state index is 12.3. The van der Waals surface area contributed by atoms with E-state index >= 15 is 0 Å². The summed E-state index contributed by atoms with van der Waals surface area (Å²) in [4.78, 5) is 24.5. The van der Waals surface area contributed by atoms with E-state index in [1.54, 1.807) is 30.0 Å². The van der Waals surface area contributed by atoms with Crippen LogP contribution in [0.1, 0.15) is 40.4 Å². The Hall–Kier alpha value is -2.27. The average molecular weight is 371 g/mol. The molecule has 0 aromatic heterocycles. The molecule has 0 unspecified atom stereocenters. The zero-order valence-electron chi connectivity index (χ0n) is 15.6. The Labute approximate surface area is 159 Å². The summed E-state index contributed by atoms with van der Waals surface area (Å²) in [6.45, 7) is 6.77. The SMILES string of the molecule is CCCNC(=O)c1ccccc1NC(=O)CSCc1cc(C)cc(C)c1. The molecule has 0 fully saturated rings. The maximum Gasteiger partial charge on any atom is 0.253 e. The molecule has 2 N–H and O–H groups in total. The van der Waals surface area contributed by atoms with Crippen molar-refractivity contribution in [1.29, 1.82) is 0 Å². The fourth-order valence-electron chi connectivity index (χ4n) is 2.72. The van der Waals surface area contributed by atoms with E-state index in [1.165, 1.54) is 16.7 Å². The predicted octanol–water partition coefficient (Wildman–Crippen LogP) is 4.32. The lowest BCUT2D eigenvalue weighted by molar-refractivity contribution is -0.113. The van der Waals surface area contributed by atoms with Gasteiger partial charge in [-0.15, -0.1) is 11.8 Å². The molecule has 0 atom stereocenters. The number of benzene rings is 2. The second kappa shape index (κ2) is 10.0. The smallest absolute Gasteiger partial charge is 0.253 e. The lowest BCUT2D eigenvalue weighted by Gasteiger charge is -2.11. The normalized spacial score (nSPS) is 10.4. The third-order valence-electron chi connectivity index (χ3n) is 3.76. The van der Waals surface area contributed by atoms with Gasteiger partial charge in [0.15, 0.2) is 0 Å². The van der Waals surface area contributed by atoms with Gasteiger partial charge in [-0.2, -0.15) is 0 Å². The molecule has 0 heterocycles. The molecule has 138 valence electrons. The Morgan fingerprint density at radius 1 is 1.04 bits per heavy atom. The third kappa shape index (κ3) is 6.23. The minimum absolute atomic E-state index is 0.102. The highest BCUT2D eigenvalue weighted by Gasteiger charge is 2.12. The number of para-hydroxylation sites is 1. The van der Waals surface area contributed by atoms with Crippen molar-refractivity contribution < 1.29 is 9.59 Å². The molecule has 0 radical (unpaired) electrons. The van der Waals surface area contributed by atoms with E-state index in [0.717, 1.165) is 12.2 Å². The molecule has 0 aliphatic heterocycles. The number of hydrogen-bond acceptors (Lipinski definition) is 3. The fourth-order valence-corrected chi connectivity index (χ4v) is 3.49. The summed E-state index contributed by atoms with van der Waals surface area (Å²) in [5.74, 6) is 0.868. The molecule has 2 aromatic carbocycles. The summed E-state index contributed by atoms with van der Waals surface area (Å²) < 4.78 is 0. The zero-order chi connectivity index (χ0) is 18.9. The number of carbonyl (C=O) groups excluding carboxylic acids is 2. The van der Waals surface area contributed by atoms with E-state index in [1.807, 2.05) is 13.0 Å². The van der Waals surface area contributed by atoms with Gasteiger partial charge in [0, 0.05) is 12.3 Å². The van der Waals surface area contributed by atoms with Crippen LogP contribution in [0.25, 0.3) is 0 Å². The van der Waals surface area contributed by atoms with E-state index in [0.29, 0.717) is 23.5 Å². The van der Waals surface area contributed by atoms with Crippen molar-refractivity contribution in [3.63, 3.8) is 0 Å². The van der Waals surface area contributed by atoms with Crippen molar-refractivity contribution in [2.75, 3.05) is 17.6 Å². The molecule has 26 heavy (non-hydrogen) atoms. The summed E-state index contributed by atoms with van der Waals surface area (Å²) in [6, 6.07) is 13.5. The van der Waals surface area contributed by atoms with E-state index in [-0.39, 0.29) is 11.8 Å². The topological polar surface area (TPSA) is 58.2 Å². The Morgan fingerprint density at radius 3 is 2.42 bits per heavy atom. The molecule has 0 spiro atoms. The molecule has 5 heteroatoms. The van der Waals surface area contributed by atoms with Crippen molar-refractivity contribution >= 4 is 29.3 Å². The minimum Gasteiger partial charge on any atom is -0.352 e. The quantitative estimate of drug-likeness (QED) is 0.728. The second-order valence-corrected chi connectivity index (χ2v) is 7.32. The maximum atomic E-state index is 12.3. The molecule has 0 saturated heterocycles. The summed E-state index contributed by atoms with van der Waals surface area (Å²) in [5, 5.41) is 5.70. The van der Waals surface area contributed by atoms with Crippen LogP contribution in [-0.2, 0) is 10.5 Å². The van der Waals surface area contributed by atoms with Crippen molar-refractivity contribution in [3.05, 3.63) is 64.7 Å². The van der Waals surface area contributed by atoms with E-state index in [4.69, 9.17) is 0 Å². The van der Waals surface area contributed by atoms with Gasteiger partial charge in [-0.1, -0.05) is 48.4 Å². The van der Waals surface area contributed by atoms with Gasteiger partial charge in [0.1, 0.15) is 0 Å². The molecule has 0 aliphatic rings. The van der Waals surface area contributed by atoms with Crippen molar-refractivity contribution in [2.45, 2.75) is 32.9 Å². The number of anilines is 1. The number of aryl methyl sites for hydroxylation is 2. The van der Waals surface area contributed by atoms with Gasteiger partial charge in [-0.05, 0) is 38.0 Å². The number of carbonyl (C=O) groups is 2. The first-order valence-electron chi connectivity index (χ1n) is 8.81. The number of amides is 2. The summed E-state index contributed by atoms with van der Waals surface area (Å²) in [7, 11) is 0. The van der Waals surface area contributed by atoms with Crippen molar-refractivity contribution in [1.82, 2.24) is 5.32 Å². The lowest BCUT2D eigenvalue weighted by Crippen LogP contribution is -2.26. The van der Waals surface area contributed by atoms with Crippen LogP contribution in [0.2, 0.25) is 0 Å². The van der Waals surface area contributed by atoms with Gasteiger partial charge in [-0.25, -0.2) is 0 Å². The number of thioether (sulfide) groups is 1. The Morgan fingerprint density at radius 2 is 1.73 bits per heavy atom. The first kappa shape index (κ1) is 20.0. The van der Waals surface area contributed by atoms with Crippen LogP contribution in [-0.4, -0.2) is 24.1 Å². The van der Waals surface area contributed by atoms with Crippen LogP contribution in [0.3, 0.4) is 0 Å². The van der Waals surface area contributed by atoms with Gasteiger partial charge < -0.3 is 10.6 Å². The van der Waals surface area contributed by atoms with Crippen molar-refractivity contribution in [2.24, 2.45) is 0 Å². The second-order valence-electron chi connectivity index (χ2n) is 6.34. The lowest BCUT2D eigenvalue weighted by atomic mass is 10.1. The largest absolute Gasteiger partial charge is 0.352 e. The first-order chi connectivity index (χ1) is 12.5. The van der Waals surface area contributed by atoms with Crippen LogP contribution in [0, 0.1) is 13.8 Å². The molecule has 2 rings (SSSR count). The molecule has 4 nitrogen and oxygen atoms in total. The fraction of sp³-hybridized carbons (Fsp3) is 0.333. The summed E-state index contributed by atoms with van der Waals surface area (Å²) >= 11 is 1.57. The van der Waals surface area contributed by atoms with Gasteiger partial charge in [0.25, 0.3) is 5.91 Å². The van der Waals surface area contributed by atoms with Crippen LogP contribution >= 0.6 is 11.8 Å². The van der Waals surface area contributed by atoms with Gasteiger partial charge in [0.2, 0.25) is 5.91 Å². The Kier molecular flexibility index (Phi) is 7.73. The minimum atomic E-state index is -0.161. The van der Waals surface area contributed by atoms with Crippen LogP contribution in [0.5, 0.6) is 0 Å². The molecule has 0 saturated carbocycles. The molecule has 2 amide bonds. The number of hydrogen-bond donors (Lipinski definition) is 2. The van der Waals surface area contributed by atoms with Crippen LogP contribution in [0.4, 0.5) is 5.69 Å². The highest BCUT2D eigenvalue weighted by Crippen LogP contribution is 2.18. The van der Waals surface area contributed by atoms with Gasteiger partial charge in [0.05, 0.1) is 17.0 Å². The average Bonchev–Trinajstić information content (AvgIpc) is 2.59. The Balaban J connectivity index is 1.90. The number of nitrogens with one attached hydrogen (secondary N) is 2. The Bertz CT molecular complexity index is 754. The number of rotatable bonds is 8. The van der Waals surface area contributed by atoms with E-state index in [9.17, 15) is 9.59 Å². The molecular formula is C21H26N2O2S. The van der Waals surface area contributed by atoms with E-state index in [2.05, 4.69) is 42.7 Å². The molecule has 0 bridgehead atoms. The monoisotopic (exact) mass is 370 g/mol. The highest BCUT2D eigenvalue weighted by molar-refractivity contribution is 7.99. The highest BCUT2D eigenvalue weighted by atomic mass is 32.2. The first-order valence-corrected chi connectivity index (χ1v) is 9.97. The van der Waals surface area contributed by atoms with Crippen molar-refractivity contribution in [3.8, 4) is 0 Å². The molecule has 0 aliphatic carbocycles. The third-order valence-corrected chi connectivity index (χ3v) is 4.77. The standard InChI is InChI=1S/C21H26N2O2S/c1-4-9-22-21(25)18-7-5-6-8-19(18)23-20(24)14-26-13-17-11-15(2)10-16(3)12-17/h5-8,10-12H,4,9,13-14H2,1-3H3,(H,22,25)(H,23,24). The predicted molar refractivity (Wildman–Crippen MR) is 110 cm³/mol. The summed E-state index contributed by atoms with van der Waals surface area (Å²) in [6.07, 6.45) is 0.870. The molecule has 2 aromatic rings.